The van der Waals surface area contributed by atoms with E-state index in [1.807, 2.05) is 13.8 Å². The second-order valence-electron chi connectivity index (χ2n) is 4.56. The van der Waals surface area contributed by atoms with Gasteiger partial charge in [0.05, 0.1) is 12.6 Å². The molecule has 118 valence electrons. The molecule has 1 rings (SSSR count). The topological polar surface area (TPSA) is 93.8 Å². The third kappa shape index (κ3) is 6.57. The van der Waals surface area contributed by atoms with Crippen LogP contribution in [0.4, 0.5) is 0 Å². The number of rotatable bonds is 9. The lowest BCUT2D eigenvalue weighted by Gasteiger charge is -2.19. The molecule has 0 heterocycles. The number of nitrogens with two attached hydrogens (primary N) is 1. The van der Waals surface area contributed by atoms with Crippen molar-refractivity contribution in [2.24, 2.45) is 5.73 Å². The third-order valence-electron chi connectivity index (χ3n) is 2.88. The van der Waals surface area contributed by atoms with Crippen LogP contribution >= 0.6 is 0 Å². The Balaban J connectivity index is 2.41. The van der Waals surface area contributed by atoms with Gasteiger partial charge in [-0.3, -0.25) is 4.79 Å². The Morgan fingerprint density at radius 1 is 1.24 bits per heavy atom. The van der Waals surface area contributed by atoms with Crippen LogP contribution in [0.3, 0.4) is 0 Å². The zero-order valence-corrected chi connectivity index (χ0v) is 12.5. The van der Waals surface area contributed by atoms with Crippen LogP contribution in [0.5, 0.6) is 5.75 Å². The molecule has 0 saturated heterocycles. The number of phenolic OH excluding ortho intramolecular Hbond substituents is 1. The van der Waals surface area contributed by atoms with Gasteiger partial charge in [-0.05, 0) is 38.0 Å². The molecule has 0 aliphatic rings. The van der Waals surface area contributed by atoms with Gasteiger partial charge in [0.25, 0.3) is 0 Å². The van der Waals surface area contributed by atoms with Crippen LogP contribution < -0.4 is 11.1 Å². The highest BCUT2D eigenvalue weighted by Crippen LogP contribution is 2.10. The summed E-state index contributed by atoms with van der Waals surface area (Å²) in [7, 11) is 0. The summed E-state index contributed by atoms with van der Waals surface area (Å²) in [5.41, 5.74) is 6.76. The van der Waals surface area contributed by atoms with Crippen molar-refractivity contribution in [3.63, 3.8) is 0 Å². The number of amides is 1. The standard InChI is InChI=1S/C15H24N2O4/c1-3-20-14(21-4-2)10-17-15(19)13(16)9-11-5-7-12(18)8-6-11/h5-8,13-14,18H,3-4,9-10,16H2,1-2H3,(H,17,19)/t13-/m1/s1. The van der Waals surface area contributed by atoms with Crippen LogP contribution in [0.15, 0.2) is 24.3 Å². The van der Waals surface area contributed by atoms with E-state index in [9.17, 15) is 9.90 Å². The minimum Gasteiger partial charge on any atom is -0.508 e. The van der Waals surface area contributed by atoms with Crippen molar-refractivity contribution in [2.45, 2.75) is 32.6 Å². The average molecular weight is 296 g/mol. The van der Waals surface area contributed by atoms with Crippen LogP contribution in [-0.2, 0) is 20.7 Å². The summed E-state index contributed by atoms with van der Waals surface area (Å²) < 4.78 is 10.7. The molecule has 6 heteroatoms. The number of carbonyl (C=O) groups excluding carboxylic acids is 1. The lowest BCUT2D eigenvalue weighted by molar-refractivity contribution is -0.141. The van der Waals surface area contributed by atoms with Crippen LogP contribution in [0.25, 0.3) is 0 Å². The van der Waals surface area contributed by atoms with Gasteiger partial charge in [-0.1, -0.05) is 12.1 Å². The van der Waals surface area contributed by atoms with Crippen molar-refractivity contribution >= 4 is 5.91 Å². The summed E-state index contributed by atoms with van der Waals surface area (Å²) in [6, 6.07) is 5.97. The number of phenols is 1. The van der Waals surface area contributed by atoms with E-state index in [0.29, 0.717) is 19.6 Å². The average Bonchev–Trinajstić information content (AvgIpc) is 2.47. The van der Waals surface area contributed by atoms with Crippen molar-refractivity contribution in [3.05, 3.63) is 29.8 Å². The highest BCUT2D eigenvalue weighted by Gasteiger charge is 2.16. The molecule has 0 saturated carbocycles. The van der Waals surface area contributed by atoms with E-state index >= 15 is 0 Å². The number of hydrogen-bond acceptors (Lipinski definition) is 5. The maximum Gasteiger partial charge on any atom is 0.237 e. The van der Waals surface area contributed by atoms with Gasteiger partial charge < -0.3 is 25.6 Å². The molecule has 21 heavy (non-hydrogen) atoms. The van der Waals surface area contributed by atoms with Gasteiger partial charge in [0.15, 0.2) is 6.29 Å². The quantitative estimate of drug-likeness (QED) is 0.585. The molecule has 4 N–H and O–H groups in total. The monoisotopic (exact) mass is 296 g/mol. The van der Waals surface area contributed by atoms with Gasteiger partial charge in [-0.2, -0.15) is 0 Å². The first-order valence-corrected chi connectivity index (χ1v) is 7.11. The van der Waals surface area contributed by atoms with E-state index in [2.05, 4.69) is 5.32 Å². The van der Waals surface area contributed by atoms with E-state index in [-0.39, 0.29) is 18.2 Å². The fraction of sp³-hybridized carbons (Fsp3) is 0.533. The molecule has 0 spiro atoms. The van der Waals surface area contributed by atoms with Crippen molar-refractivity contribution in [3.8, 4) is 5.75 Å². The van der Waals surface area contributed by atoms with Gasteiger partial charge in [0.2, 0.25) is 5.91 Å². The minimum atomic E-state index is -0.654. The summed E-state index contributed by atoms with van der Waals surface area (Å²) in [6.45, 7) is 5.03. The summed E-state index contributed by atoms with van der Waals surface area (Å²) in [5.74, 6) is -0.0690. The van der Waals surface area contributed by atoms with Crippen LogP contribution in [0.2, 0.25) is 0 Å². The minimum absolute atomic E-state index is 0.188. The van der Waals surface area contributed by atoms with Gasteiger partial charge >= 0.3 is 0 Å². The number of carbonyl (C=O) groups is 1. The Hall–Kier alpha value is -1.63. The number of nitrogens with one attached hydrogen (secondary N) is 1. The number of ether oxygens (including phenoxy) is 2. The number of benzene rings is 1. The van der Waals surface area contributed by atoms with Gasteiger partial charge in [0.1, 0.15) is 5.75 Å². The molecule has 0 radical (unpaired) electrons. The van der Waals surface area contributed by atoms with E-state index in [0.717, 1.165) is 5.56 Å². The summed E-state index contributed by atoms with van der Waals surface area (Å²) in [4.78, 5) is 11.9. The molecule has 1 aromatic carbocycles. The Morgan fingerprint density at radius 2 is 1.81 bits per heavy atom. The molecule has 0 fully saturated rings. The van der Waals surface area contributed by atoms with Crippen molar-refractivity contribution in [1.82, 2.24) is 5.32 Å². The maximum absolute atomic E-state index is 11.9. The predicted octanol–water partition coefficient (Wildman–Crippen LogP) is 0.777. The Labute approximate surface area is 125 Å². The number of hydrogen-bond donors (Lipinski definition) is 3. The molecule has 0 aliphatic carbocycles. The highest BCUT2D eigenvalue weighted by molar-refractivity contribution is 5.81. The van der Waals surface area contributed by atoms with Gasteiger partial charge in [-0.15, -0.1) is 0 Å². The van der Waals surface area contributed by atoms with Crippen LogP contribution in [0, 0.1) is 0 Å². The Morgan fingerprint density at radius 3 is 2.33 bits per heavy atom. The molecule has 1 atom stereocenters. The summed E-state index contributed by atoms with van der Waals surface area (Å²) >= 11 is 0. The van der Waals surface area contributed by atoms with Gasteiger partial charge in [-0.25, -0.2) is 0 Å². The molecule has 0 bridgehead atoms. The predicted molar refractivity (Wildman–Crippen MR) is 79.8 cm³/mol. The van der Waals surface area contributed by atoms with Crippen LogP contribution in [-0.4, -0.2) is 43.1 Å². The summed E-state index contributed by atoms with van der Waals surface area (Å²) in [6.07, 6.45) is -0.0510. The first kappa shape index (κ1) is 17.4. The molecule has 0 aromatic heterocycles. The fourth-order valence-corrected chi connectivity index (χ4v) is 1.83. The first-order valence-electron chi connectivity index (χ1n) is 7.11. The Bertz CT molecular complexity index is 416. The smallest absolute Gasteiger partial charge is 0.237 e. The molecule has 1 aromatic rings. The second kappa shape index (κ2) is 9.33. The van der Waals surface area contributed by atoms with Crippen molar-refractivity contribution in [2.75, 3.05) is 19.8 Å². The van der Waals surface area contributed by atoms with E-state index in [4.69, 9.17) is 15.2 Å². The molecular weight excluding hydrogens is 272 g/mol. The van der Waals surface area contributed by atoms with Crippen LogP contribution in [0.1, 0.15) is 19.4 Å². The lowest BCUT2D eigenvalue weighted by Crippen LogP contribution is -2.45. The van der Waals surface area contributed by atoms with E-state index in [1.54, 1.807) is 24.3 Å². The fourth-order valence-electron chi connectivity index (χ4n) is 1.83. The molecule has 0 unspecified atom stereocenters. The molecule has 1 amide bonds. The summed E-state index contributed by atoms with van der Waals surface area (Å²) in [5, 5.41) is 11.9. The largest absolute Gasteiger partial charge is 0.508 e. The lowest BCUT2D eigenvalue weighted by atomic mass is 10.1. The normalized spacial score (nSPS) is 12.4. The van der Waals surface area contributed by atoms with Crippen molar-refractivity contribution < 1.29 is 19.4 Å². The number of aromatic hydroxyl groups is 1. The zero-order valence-electron chi connectivity index (χ0n) is 12.5. The van der Waals surface area contributed by atoms with Crippen molar-refractivity contribution in [1.29, 1.82) is 0 Å². The molecular formula is C15H24N2O4. The highest BCUT2D eigenvalue weighted by atomic mass is 16.7. The zero-order chi connectivity index (χ0) is 15.7. The first-order chi connectivity index (χ1) is 10.1. The van der Waals surface area contributed by atoms with E-state index < -0.39 is 12.3 Å². The SMILES string of the molecule is CCOC(CNC(=O)[C@H](N)Cc1ccc(O)cc1)OCC. The molecule has 0 aliphatic heterocycles. The maximum atomic E-state index is 11.9. The second-order valence-corrected chi connectivity index (χ2v) is 4.56. The van der Waals surface area contributed by atoms with E-state index in [1.165, 1.54) is 0 Å². The third-order valence-corrected chi connectivity index (χ3v) is 2.88. The molecule has 6 nitrogen and oxygen atoms in total. The Kier molecular flexibility index (Phi) is 7.74. The van der Waals surface area contributed by atoms with Gasteiger partial charge in [0, 0.05) is 13.2 Å².